The highest BCUT2D eigenvalue weighted by Crippen LogP contribution is 2.39. The molecule has 4 rings (SSSR count). The Hall–Kier alpha value is -3.16. The van der Waals surface area contributed by atoms with E-state index in [2.05, 4.69) is 26.7 Å². The number of amides is 1. The monoisotopic (exact) mass is 338 g/mol. The second kappa shape index (κ2) is 5.17. The molecule has 2 aliphatic rings. The fourth-order valence-corrected chi connectivity index (χ4v) is 3.67. The molecule has 1 unspecified atom stereocenters. The molecule has 8 heteroatoms. The normalized spacial score (nSPS) is 21.2. The molecular weight excluding hydrogens is 320 g/mol. The lowest BCUT2D eigenvalue weighted by Gasteiger charge is -2.29. The molecule has 8 nitrogen and oxygen atoms in total. The van der Waals surface area contributed by atoms with Gasteiger partial charge in [-0.3, -0.25) is 14.2 Å². The standard InChI is InChI=1S/C17H18N6O2/c1-9-6-11(21-13-7-12(18)19-8-20-13)16(25)23-14(9)15(24)22-17(23)5-3-4-10(17)2/h4,6-8H,3,5H2,1-2H3,(H,22,24)(H3,18,19,20,21). The SMILES string of the molecule is CC1=CCCC12NC(=O)c1c(C)cc(Nc3cc(N)ncn3)c(=O)n12. The van der Waals surface area contributed by atoms with E-state index in [1.54, 1.807) is 16.7 Å². The van der Waals surface area contributed by atoms with Gasteiger partial charge in [-0.05, 0) is 43.9 Å². The Morgan fingerprint density at radius 3 is 2.76 bits per heavy atom. The zero-order valence-corrected chi connectivity index (χ0v) is 14.0. The van der Waals surface area contributed by atoms with Crippen LogP contribution in [0.5, 0.6) is 0 Å². The van der Waals surface area contributed by atoms with Crippen molar-refractivity contribution in [1.29, 1.82) is 0 Å². The second-order valence-electron chi connectivity index (χ2n) is 6.42. The minimum absolute atomic E-state index is 0.220. The van der Waals surface area contributed by atoms with E-state index in [4.69, 9.17) is 5.73 Å². The number of hydrogen-bond donors (Lipinski definition) is 3. The molecule has 1 spiro atoms. The number of nitrogens with one attached hydrogen (secondary N) is 2. The van der Waals surface area contributed by atoms with Gasteiger partial charge in [-0.2, -0.15) is 0 Å². The number of carbonyl (C=O) groups is 1. The number of hydrogen-bond acceptors (Lipinski definition) is 6. The predicted octanol–water partition coefficient (Wildman–Crippen LogP) is 1.41. The van der Waals surface area contributed by atoms with Crippen molar-refractivity contribution in [2.75, 3.05) is 11.1 Å². The van der Waals surface area contributed by atoms with Gasteiger partial charge in [-0.15, -0.1) is 0 Å². The van der Waals surface area contributed by atoms with Crippen LogP contribution in [-0.4, -0.2) is 20.4 Å². The lowest BCUT2D eigenvalue weighted by molar-refractivity contribution is 0.0933. The topological polar surface area (TPSA) is 115 Å². The number of nitrogen functional groups attached to an aromatic ring is 1. The van der Waals surface area contributed by atoms with E-state index in [1.165, 1.54) is 6.33 Å². The molecule has 0 saturated heterocycles. The molecule has 1 amide bonds. The number of anilines is 3. The molecule has 0 aromatic carbocycles. The van der Waals surface area contributed by atoms with Crippen LogP contribution < -0.4 is 21.9 Å². The Morgan fingerprint density at radius 1 is 1.28 bits per heavy atom. The van der Waals surface area contributed by atoms with E-state index in [1.807, 2.05) is 13.8 Å². The van der Waals surface area contributed by atoms with Crippen LogP contribution >= 0.6 is 0 Å². The third kappa shape index (κ3) is 2.14. The van der Waals surface area contributed by atoms with Crippen LogP contribution in [0.3, 0.4) is 0 Å². The summed E-state index contributed by atoms with van der Waals surface area (Å²) in [6.07, 6.45) is 4.87. The van der Waals surface area contributed by atoms with Crippen molar-refractivity contribution in [1.82, 2.24) is 19.9 Å². The average Bonchev–Trinajstić information content (AvgIpc) is 3.06. The Bertz CT molecular complexity index is 993. The molecule has 1 aliphatic carbocycles. The molecule has 2 aromatic rings. The molecule has 1 atom stereocenters. The minimum Gasteiger partial charge on any atom is -0.384 e. The molecule has 0 fully saturated rings. The second-order valence-corrected chi connectivity index (χ2v) is 6.42. The van der Waals surface area contributed by atoms with Gasteiger partial charge in [0.2, 0.25) is 0 Å². The van der Waals surface area contributed by atoms with Gasteiger partial charge in [0.15, 0.2) is 0 Å². The maximum absolute atomic E-state index is 13.2. The molecular formula is C17H18N6O2. The highest BCUT2D eigenvalue weighted by Gasteiger charge is 2.47. The summed E-state index contributed by atoms with van der Waals surface area (Å²) in [7, 11) is 0. The number of allylic oxidation sites excluding steroid dienone is 1. The Morgan fingerprint density at radius 2 is 2.08 bits per heavy atom. The highest BCUT2D eigenvalue weighted by molar-refractivity contribution is 5.97. The first kappa shape index (κ1) is 15.4. The lowest BCUT2D eigenvalue weighted by atomic mass is 10.0. The van der Waals surface area contributed by atoms with Crippen molar-refractivity contribution in [3.63, 3.8) is 0 Å². The summed E-state index contributed by atoms with van der Waals surface area (Å²) in [6, 6.07) is 3.21. The Labute approximate surface area is 143 Å². The lowest BCUT2D eigenvalue weighted by Crippen LogP contribution is -2.46. The van der Waals surface area contributed by atoms with E-state index >= 15 is 0 Å². The number of nitrogens with two attached hydrogens (primary N) is 1. The number of pyridine rings is 1. The number of rotatable bonds is 2. The van der Waals surface area contributed by atoms with E-state index in [-0.39, 0.29) is 11.5 Å². The molecule has 0 saturated carbocycles. The van der Waals surface area contributed by atoms with Gasteiger partial charge >= 0.3 is 0 Å². The van der Waals surface area contributed by atoms with E-state index in [0.717, 1.165) is 17.6 Å². The van der Waals surface area contributed by atoms with Gasteiger partial charge in [0, 0.05) is 6.07 Å². The van der Waals surface area contributed by atoms with Gasteiger partial charge in [-0.1, -0.05) is 6.08 Å². The minimum atomic E-state index is -0.767. The fraction of sp³-hybridized carbons (Fsp3) is 0.294. The van der Waals surface area contributed by atoms with Crippen LogP contribution in [-0.2, 0) is 5.66 Å². The Balaban J connectivity index is 1.89. The fourth-order valence-electron chi connectivity index (χ4n) is 3.67. The number of nitrogens with zero attached hydrogens (tertiary/aromatic N) is 3. The van der Waals surface area contributed by atoms with E-state index in [0.29, 0.717) is 29.4 Å². The molecule has 4 N–H and O–H groups in total. The maximum Gasteiger partial charge on any atom is 0.277 e. The molecule has 0 radical (unpaired) electrons. The van der Waals surface area contributed by atoms with Gasteiger partial charge in [0.25, 0.3) is 11.5 Å². The van der Waals surface area contributed by atoms with Crippen molar-refractivity contribution < 1.29 is 4.79 Å². The third-order valence-corrected chi connectivity index (χ3v) is 4.87. The summed E-state index contributed by atoms with van der Waals surface area (Å²) >= 11 is 0. The molecule has 0 bridgehead atoms. The molecule has 3 heterocycles. The first-order valence-corrected chi connectivity index (χ1v) is 8.04. The summed E-state index contributed by atoms with van der Waals surface area (Å²) in [5.41, 5.74) is 7.07. The van der Waals surface area contributed by atoms with Crippen molar-refractivity contribution >= 4 is 23.2 Å². The number of fused-ring (bicyclic) bond motifs is 2. The molecule has 1 aliphatic heterocycles. The zero-order chi connectivity index (χ0) is 17.8. The molecule has 128 valence electrons. The van der Waals surface area contributed by atoms with Gasteiger partial charge < -0.3 is 16.4 Å². The summed E-state index contributed by atoms with van der Waals surface area (Å²) < 4.78 is 1.58. The van der Waals surface area contributed by atoms with Crippen molar-refractivity contribution in [2.24, 2.45) is 0 Å². The summed E-state index contributed by atoms with van der Waals surface area (Å²) in [4.78, 5) is 33.6. The van der Waals surface area contributed by atoms with E-state index in [9.17, 15) is 9.59 Å². The summed E-state index contributed by atoms with van der Waals surface area (Å²) in [6.45, 7) is 3.76. The predicted molar refractivity (Wildman–Crippen MR) is 93.6 cm³/mol. The van der Waals surface area contributed by atoms with Crippen LogP contribution in [0.1, 0.15) is 35.8 Å². The third-order valence-electron chi connectivity index (χ3n) is 4.87. The Kier molecular flexibility index (Phi) is 3.18. The average molecular weight is 338 g/mol. The van der Waals surface area contributed by atoms with Crippen molar-refractivity contribution in [2.45, 2.75) is 32.4 Å². The highest BCUT2D eigenvalue weighted by atomic mass is 16.2. The van der Waals surface area contributed by atoms with Crippen LogP contribution in [0.2, 0.25) is 0 Å². The van der Waals surface area contributed by atoms with Crippen molar-refractivity contribution in [3.05, 3.63) is 51.7 Å². The number of aryl methyl sites for hydroxylation is 1. The van der Waals surface area contributed by atoms with Crippen LogP contribution in [0, 0.1) is 6.92 Å². The smallest absolute Gasteiger partial charge is 0.277 e. The molecule has 2 aromatic heterocycles. The summed E-state index contributed by atoms with van der Waals surface area (Å²) in [5.74, 6) is 0.509. The van der Waals surface area contributed by atoms with Gasteiger partial charge in [0.05, 0.1) is 0 Å². The van der Waals surface area contributed by atoms with Crippen LogP contribution in [0.4, 0.5) is 17.3 Å². The maximum atomic E-state index is 13.2. The van der Waals surface area contributed by atoms with Crippen molar-refractivity contribution in [3.8, 4) is 0 Å². The van der Waals surface area contributed by atoms with Crippen LogP contribution in [0.25, 0.3) is 0 Å². The van der Waals surface area contributed by atoms with E-state index < -0.39 is 5.66 Å². The number of aromatic nitrogens is 3. The zero-order valence-electron chi connectivity index (χ0n) is 14.0. The van der Waals surface area contributed by atoms with Gasteiger partial charge in [-0.25, -0.2) is 9.97 Å². The first-order valence-electron chi connectivity index (χ1n) is 8.04. The number of carbonyl (C=O) groups excluding carboxylic acids is 1. The molecule has 25 heavy (non-hydrogen) atoms. The first-order chi connectivity index (χ1) is 11.9. The van der Waals surface area contributed by atoms with Gasteiger partial charge in [0.1, 0.15) is 35.0 Å². The summed E-state index contributed by atoms with van der Waals surface area (Å²) in [5, 5.41) is 6.01. The largest absolute Gasteiger partial charge is 0.384 e. The van der Waals surface area contributed by atoms with Crippen LogP contribution in [0.15, 0.2) is 34.9 Å². The quantitative estimate of drug-likeness (QED) is 0.713.